The Hall–Kier alpha value is -3.06. The predicted molar refractivity (Wildman–Crippen MR) is 108 cm³/mol. The second-order valence-corrected chi connectivity index (χ2v) is 7.48. The van der Waals surface area contributed by atoms with Crippen LogP contribution < -0.4 is 5.73 Å². The number of hydrogen-bond donors (Lipinski definition) is 1. The summed E-state index contributed by atoms with van der Waals surface area (Å²) >= 11 is 0. The highest BCUT2D eigenvalue weighted by Gasteiger charge is 2.52. The number of anilines is 1. The molecular formula is C25H19N. The lowest BCUT2D eigenvalue weighted by atomic mass is 9.68. The van der Waals surface area contributed by atoms with Crippen LogP contribution in [-0.4, -0.2) is 0 Å². The molecule has 26 heavy (non-hydrogen) atoms. The summed E-state index contributed by atoms with van der Waals surface area (Å²) in [5.74, 6) is 0. The Kier molecular flexibility index (Phi) is 2.59. The van der Waals surface area contributed by atoms with Crippen LogP contribution in [-0.2, 0) is 5.41 Å². The van der Waals surface area contributed by atoms with Gasteiger partial charge in [0.25, 0.3) is 0 Å². The van der Waals surface area contributed by atoms with Crippen molar-refractivity contribution in [2.24, 2.45) is 0 Å². The van der Waals surface area contributed by atoms with Crippen molar-refractivity contribution in [3.8, 4) is 11.1 Å². The summed E-state index contributed by atoms with van der Waals surface area (Å²) in [5.41, 5.74) is 18.1. The first kappa shape index (κ1) is 14.1. The number of nitrogen functional groups attached to an aromatic ring is 1. The zero-order valence-electron chi connectivity index (χ0n) is 14.5. The van der Waals surface area contributed by atoms with Crippen molar-refractivity contribution in [2.75, 3.05) is 5.73 Å². The quantitative estimate of drug-likeness (QED) is 0.525. The molecule has 0 saturated carbocycles. The molecule has 0 saturated heterocycles. The fourth-order valence-corrected chi connectivity index (χ4v) is 5.43. The number of hydrogen-bond acceptors (Lipinski definition) is 1. The average Bonchev–Trinajstić information content (AvgIpc) is 3.15. The molecular weight excluding hydrogens is 314 g/mol. The van der Waals surface area contributed by atoms with Crippen LogP contribution in [0.3, 0.4) is 0 Å². The van der Waals surface area contributed by atoms with E-state index in [-0.39, 0.29) is 5.41 Å². The van der Waals surface area contributed by atoms with Crippen molar-refractivity contribution >= 4 is 11.3 Å². The first-order chi connectivity index (χ1) is 12.8. The third-order valence-corrected chi connectivity index (χ3v) is 6.31. The lowest BCUT2D eigenvalue weighted by Gasteiger charge is -2.33. The minimum Gasteiger partial charge on any atom is -0.399 e. The van der Waals surface area contributed by atoms with E-state index in [4.69, 9.17) is 5.73 Å². The van der Waals surface area contributed by atoms with E-state index in [1.54, 1.807) is 0 Å². The van der Waals surface area contributed by atoms with Gasteiger partial charge in [-0.3, -0.25) is 0 Å². The number of nitrogens with two attached hydrogens (primary N) is 1. The van der Waals surface area contributed by atoms with Crippen LogP contribution in [0.25, 0.3) is 16.7 Å². The summed E-state index contributed by atoms with van der Waals surface area (Å²) in [6.45, 7) is 0. The van der Waals surface area contributed by atoms with Gasteiger partial charge in [0.1, 0.15) is 0 Å². The monoisotopic (exact) mass is 333 g/mol. The molecule has 3 aliphatic carbocycles. The Morgan fingerprint density at radius 2 is 1.42 bits per heavy atom. The molecule has 3 aliphatic rings. The van der Waals surface area contributed by atoms with Gasteiger partial charge in [0.15, 0.2) is 0 Å². The second kappa shape index (κ2) is 4.76. The van der Waals surface area contributed by atoms with Crippen molar-refractivity contribution in [1.29, 1.82) is 0 Å². The van der Waals surface area contributed by atoms with Gasteiger partial charge >= 0.3 is 0 Å². The topological polar surface area (TPSA) is 26.0 Å². The summed E-state index contributed by atoms with van der Waals surface area (Å²) in [6.07, 6.45) is 6.84. The van der Waals surface area contributed by atoms with E-state index in [1.165, 1.54) is 44.5 Å². The van der Waals surface area contributed by atoms with Gasteiger partial charge in [-0.1, -0.05) is 66.7 Å². The Bertz CT molecular complexity index is 1100. The number of rotatable bonds is 0. The van der Waals surface area contributed by atoms with Gasteiger partial charge < -0.3 is 5.73 Å². The van der Waals surface area contributed by atoms with Crippen LogP contribution in [0.2, 0.25) is 0 Å². The molecule has 0 atom stereocenters. The van der Waals surface area contributed by atoms with E-state index < -0.39 is 0 Å². The lowest BCUT2D eigenvalue weighted by Crippen LogP contribution is -2.27. The Morgan fingerprint density at radius 3 is 2.15 bits per heavy atom. The van der Waals surface area contributed by atoms with E-state index in [0.717, 1.165) is 18.5 Å². The van der Waals surface area contributed by atoms with Crippen molar-refractivity contribution in [3.63, 3.8) is 0 Å². The van der Waals surface area contributed by atoms with Gasteiger partial charge in [0.2, 0.25) is 0 Å². The number of benzene rings is 3. The Balaban J connectivity index is 1.84. The zero-order chi connectivity index (χ0) is 17.3. The highest BCUT2D eigenvalue weighted by molar-refractivity contribution is 5.97. The van der Waals surface area contributed by atoms with Crippen molar-refractivity contribution in [3.05, 3.63) is 107 Å². The van der Waals surface area contributed by atoms with Crippen molar-refractivity contribution < 1.29 is 0 Å². The molecule has 0 heterocycles. The van der Waals surface area contributed by atoms with Gasteiger partial charge in [-0.2, -0.15) is 0 Å². The van der Waals surface area contributed by atoms with Gasteiger partial charge in [-0.15, -0.1) is 0 Å². The summed E-state index contributed by atoms with van der Waals surface area (Å²) in [4.78, 5) is 0. The SMILES string of the molecule is Nc1ccc2c(c1)C1(C3=C2C=CCC3)c2ccccc2-c2ccccc21. The molecule has 124 valence electrons. The van der Waals surface area contributed by atoms with E-state index in [0.29, 0.717) is 0 Å². The molecule has 0 aliphatic heterocycles. The molecule has 0 aromatic heterocycles. The minimum absolute atomic E-state index is 0.183. The van der Waals surface area contributed by atoms with Crippen LogP contribution in [0.1, 0.15) is 35.1 Å². The summed E-state index contributed by atoms with van der Waals surface area (Å²) in [7, 11) is 0. The van der Waals surface area contributed by atoms with E-state index in [9.17, 15) is 0 Å². The molecule has 0 bridgehead atoms. The first-order valence-electron chi connectivity index (χ1n) is 9.32. The average molecular weight is 333 g/mol. The number of allylic oxidation sites excluding steroid dienone is 4. The first-order valence-corrected chi connectivity index (χ1v) is 9.32. The molecule has 2 N–H and O–H groups in total. The fourth-order valence-electron chi connectivity index (χ4n) is 5.43. The van der Waals surface area contributed by atoms with Crippen LogP contribution in [0.5, 0.6) is 0 Å². The van der Waals surface area contributed by atoms with Crippen molar-refractivity contribution in [2.45, 2.75) is 18.3 Å². The third kappa shape index (κ3) is 1.48. The lowest BCUT2D eigenvalue weighted by molar-refractivity contribution is 0.714. The maximum Gasteiger partial charge on any atom is 0.0689 e. The molecule has 3 aromatic rings. The Morgan fingerprint density at radius 1 is 0.731 bits per heavy atom. The van der Waals surface area contributed by atoms with E-state index in [2.05, 4.69) is 72.8 Å². The largest absolute Gasteiger partial charge is 0.399 e. The van der Waals surface area contributed by atoms with Gasteiger partial charge in [0.05, 0.1) is 5.41 Å². The normalized spacial score (nSPS) is 17.8. The Labute approximate surface area is 153 Å². The second-order valence-electron chi connectivity index (χ2n) is 7.48. The van der Waals surface area contributed by atoms with Crippen molar-refractivity contribution in [1.82, 2.24) is 0 Å². The molecule has 6 rings (SSSR count). The van der Waals surface area contributed by atoms with Gasteiger partial charge in [0, 0.05) is 5.69 Å². The molecule has 0 amide bonds. The molecule has 0 radical (unpaired) electrons. The molecule has 3 aromatic carbocycles. The standard InChI is InChI=1S/C25H19N/c26-16-13-14-20-19-9-3-6-12-23(19)25(24(20)15-16)21-10-4-1-7-17(21)18-8-2-5-11-22(18)25/h1-5,7-11,13-15H,6,12,26H2. The van der Waals surface area contributed by atoms with E-state index >= 15 is 0 Å². The van der Waals surface area contributed by atoms with Crippen LogP contribution >= 0.6 is 0 Å². The van der Waals surface area contributed by atoms with Gasteiger partial charge in [-0.25, -0.2) is 0 Å². The smallest absolute Gasteiger partial charge is 0.0689 e. The molecule has 0 unspecified atom stereocenters. The van der Waals surface area contributed by atoms with Gasteiger partial charge in [-0.05, 0) is 69.5 Å². The maximum absolute atomic E-state index is 6.27. The summed E-state index contributed by atoms with van der Waals surface area (Å²) in [5, 5.41) is 0. The summed E-state index contributed by atoms with van der Waals surface area (Å²) < 4.78 is 0. The minimum atomic E-state index is -0.183. The zero-order valence-corrected chi connectivity index (χ0v) is 14.5. The molecule has 1 spiro atoms. The highest BCUT2D eigenvalue weighted by Crippen LogP contribution is 2.63. The van der Waals surface area contributed by atoms with Crippen LogP contribution in [0.15, 0.2) is 84.5 Å². The maximum atomic E-state index is 6.27. The van der Waals surface area contributed by atoms with Crippen LogP contribution in [0, 0.1) is 0 Å². The number of fused-ring (bicyclic) bond motifs is 9. The highest BCUT2D eigenvalue weighted by atomic mass is 14.6. The van der Waals surface area contributed by atoms with E-state index in [1.807, 2.05) is 6.07 Å². The fraction of sp³-hybridized carbons (Fsp3) is 0.120. The third-order valence-electron chi connectivity index (χ3n) is 6.31. The molecule has 1 heteroatoms. The predicted octanol–water partition coefficient (Wildman–Crippen LogP) is 5.70. The molecule has 0 fully saturated rings. The summed E-state index contributed by atoms with van der Waals surface area (Å²) in [6, 6.07) is 24.3. The van der Waals surface area contributed by atoms with Crippen LogP contribution in [0.4, 0.5) is 5.69 Å². The molecule has 1 nitrogen and oxygen atoms in total.